The molecule has 1 saturated carbocycles. The van der Waals surface area contributed by atoms with E-state index in [-0.39, 0.29) is 12.5 Å². The molecule has 1 fully saturated rings. The lowest BCUT2D eigenvalue weighted by Crippen LogP contribution is -2.47. The van der Waals surface area contributed by atoms with Crippen molar-refractivity contribution >= 4 is 17.8 Å². The third-order valence-electron chi connectivity index (χ3n) is 3.75. The summed E-state index contributed by atoms with van der Waals surface area (Å²) in [5.41, 5.74) is 1.12. The van der Waals surface area contributed by atoms with E-state index in [2.05, 4.69) is 10.6 Å². The van der Waals surface area contributed by atoms with Crippen molar-refractivity contribution in [1.29, 1.82) is 0 Å². The maximum absolute atomic E-state index is 11.7. The molecule has 0 atom stereocenters. The number of benzene rings is 1. The Kier molecular flexibility index (Phi) is 4.80. The van der Waals surface area contributed by atoms with Gasteiger partial charge in [-0.05, 0) is 31.7 Å². The quantitative estimate of drug-likeness (QED) is 0.693. The number of carboxylic acid groups (broad SMARTS) is 1. The molecule has 2 rings (SSSR count). The third-order valence-corrected chi connectivity index (χ3v) is 3.75. The van der Waals surface area contributed by atoms with Gasteiger partial charge in [0, 0.05) is 6.42 Å². The van der Waals surface area contributed by atoms with E-state index in [4.69, 9.17) is 5.11 Å². The normalized spacial score (nSPS) is 15.0. The molecule has 3 N–H and O–H groups in total. The van der Waals surface area contributed by atoms with E-state index in [0.29, 0.717) is 25.7 Å². The fourth-order valence-corrected chi connectivity index (χ4v) is 2.11. The summed E-state index contributed by atoms with van der Waals surface area (Å²) in [6.07, 6.45) is 1.78. The summed E-state index contributed by atoms with van der Waals surface area (Å²) >= 11 is 0. The summed E-state index contributed by atoms with van der Waals surface area (Å²) in [6, 6.07) is 7.92. The molecule has 0 spiro atoms. The zero-order valence-corrected chi connectivity index (χ0v) is 12.5. The van der Waals surface area contributed by atoms with E-state index < -0.39 is 17.4 Å². The Balaban J connectivity index is 1.68. The molecule has 1 aliphatic rings. The van der Waals surface area contributed by atoms with Crippen LogP contribution in [-0.4, -0.2) is 35.0 Å². The van der Waals surface area contributed by atoms with Crippen molar-refractivity contribution in [2.75, 3.05) is 6.54 Å². The Morgan fingerprint density at radius 2 is 1.77 bits per heavy atom. The molecule has 1 aliphatic carbocycles. The number of aryl methyl sites for hydroxylation is 2. The summed E-state index contributed by atoms with van der Waals surface area (Å²) in [7, 11) is 0. The molecular formula is C16H20N2O4. The molecule has 6 heteroatoms. The first kappa shape index (κ1) is 16.0. The van der Waals surface area contributed by atoms with Crippen LogP contribution in [-0.2, 0) is 20.8 Å². The molecule has 0 heterocycles. The number of rotatable bonds is 7. The second kappa shape index (κ2) is 6.60. The van der Waals surface area contributed by atoms with E-state index >= 15 is 0 Å². The van der Waals surface area contributed by atoms with Crippen molar-refractivity contribution < 1.29 is 19.5 Å². The van der Waals surface area contributed by atoms with Crippen LogP contribution >= 0.6 is 0 Å². The molecule has 0 saturated heterocycles. The van der Waals surface area contributed by atoms with Gasteiger partial charge in [0.15, 0.2) is 0 Å². The largest absolute Gasteiger partial charge is 0.480 e. The van der Waals surface area contributed by atoms with Crippen LogP contribution < -0.4 is 10.6 Å². The van der Waals surface area contributed by atoms with Crippen LogP contribution in [0.3, 0.4) is 0 Å². The van der Waals surface area contributed by atoms with E-state index in [1.165, 1.54) is 0 Å². The number of carboxylic acids is 1. The minimum atomic E-state index is -1.11. The van der Waals surface area contributed by atoms with Crippen molar-refractivity contribution in [2.24, 2.45) is 0 Å². The standard InChI is InChI=1S/C16H20N2O4/c1-11-2-4-12(5-3-11)6-7-13(19)17-10-14(20)18-16(8-9-16)15(21)22/h2-5H,6-10H2,1H3,(H,17,19)(H,18,20)(H,21,22). The Morgan fingerprint density at radius 1 is 1.14 bits per heavy atom. The van der Waals surface area contributed by atoms with Gasteiger partial charge in [0.25, 0.3) is 0 Å². The topological polar surface area (TPSA) is 95.5 Å². The molecule has 118 valence electrons. The van der Waals surface area contributed by atoms with Gasteiger partial charge in [-0.25, -0.2) is 4.79 Å². The Hall–Kier alpha value is -2.37. The lowest BCUT2D eigenvalue weighted by atomic mass is 10.1. The van der Waals surface area contributed by atoms with Crippen molar-refractivity contribution in [3.05, 3.63) is 35.4 Å². The number of amides is 2. The Bertz CT molecular complexity index is 576. The van der Waals surface area contributed by atoms with Crippen molar-refractivity contribution in [1.82, 2.24) is 10.6 Å². The van der Waals surface area contributed by atoms with Crippen LogP contribution in [0.1, 0.15) is 30.4 Å². The van der Waals surface area contributed by atoms with E-state index in [1.807, 2.05) is 31.2 Å². The molecule has 0 radical (unpaired) electrons. The van der Waals surface area contributed by atoms with E-state index in [1.54, 1.807) is 0 Å². The van der Waals surface area contributed by atoms with Crippen LogP contribution in [0.25, 0.3) is 0 Å². The third kappa shape index (κ3) is 4.31. The Labute approximate surface area is 128 Å². The van der Waals surface area contributed by atoms with Crippen molar-refractivity contribution in [3.63, 3.8) is 0 Å². The predicted molar refractivity (Wildman–Crippen MR) is 80.3 cm³/mol. The van der Waals surface area contributed by atoms with Crippen molar-refractivity contribution in [2.45, 2.75) is 38.1 Å². The lowest BCUT2D eigenvalue weighted by Gasteiger charge is -2.12. The number of hydrogen-bond acceptors (Lipinski definition) is 3. The number of carbonyl (C=O) groups excluding carboxylic acids is 2. The predicted octanol–water partition coefficient (Wildman–Crippen LogP) is 0.777. The van der Waals surface area contributed by atoms with Crippen LogP contribution in [0, 0.1) is 6.92 Å². The van der Waals surface area contributed by atoms with Gasteiger partial charge in [0.2, 0.25) is 11.8 Å². The fourth-order valence-electron chi connectivity index (χ4n) is 2.11. The first-order valence-electron chi connectivity index (χ1n) is 7.28. The second-order valence-corrected chi connectivity index (χ2v) is 5.70. The SMILES string of the molecule is Cc1ccc(CCC(=O)NCC(=O)NC2(C(=O)O)CC2)cc1. The summed E-state index contributed by atoms with van der Waals surface area (Å²) in [4.78, 5) is 34.3. The summed E-state index contributed by atoms with van der Waals surface area (Å²) in [5, 5.41) is 13.9. The average Bonchev–Trinajstić information content (AvgIpc) is 3.25. The zero-order valence-electron chi connectivity index (χ0n) is 12.5. The number of nitrogens with one attached hydrogen (secondary N) is 2. The van der Waals surface area contributed by atoms with E-state index in [0.717, 1.165) is 11.1 Å². The molecule has 1 aromatic rings. The zero-order chi connectivity index (χ0) is 16.2. The molecule has 0 aromatic heterocycles. The minimum absolute atomic E-state index is 0.193. The maximum Gasteiger partial charge on any atom is 0.329 e. The second-order valence-electron chi connectivity index (χ2n) is 5.70. The van der Waals surface area contributed by atoms with Gasteiger partial charge < -0.3 is 15.7 Å². The molecule has 22 heavy (non-hydrogen) atoms. The highest BCUT2D eigenvalue weighted by Crippen LogP contribution is 2.35. The first-order valence-corrected chi connectivity index (χ1v) is 7.28. The van der Waals surface area contributed by atoms with E-state index in [9.17, 15) is 14.4 Å². The van der Waals surface area contributed by atoms with Gasteiger partial charge >= 0.3 is 5.97 Å². The molecule has 6 nitrogen and oxygen atoms in total. The minimum Gasteiger partial charge on any atom is -0.480 e. The van der Waals surface area contributed by atoms with Gasteiger partial charge in [-0.15, -0.1) is 0 Å². The summed E-state index contributed by atoms with van der Waals surface area (Å²) in [6.45, 7) is 1.81. The molecule has 0 aliphatic heterocycles. The van der Waals surface area contributed by atoms with Gasteiger partial charge in [0.05, 0.1) is 6.54 Å². The summed E-state index contributed by atoms with van der Waals surface area (Å²) in [5.74, 6) is -1.72. The molecule has 1 aromatic carbocycles. The van der Waals surface area contributed by atoms with Crippen LogP contribution in [0.5, 0.6) is 0 Å². The maximum atomic E-state index is 11.7. The number of carbonyl (C=O) groups is 3. The molecular weight excluding hydrogens is 284 g/mol. The smallest absolute Gasteiger partial charge is 0.329 e. The number of aliphatic carboxylic acids is 1. The van der Waals surface area contributed by atoms with Gasteiger partial charge in [-0.2, -0.15) is 0 Å². The Morgan fingerprint density at radius 3 is 2.32 bits per heavy atom. The molecule has 0 bridgehead atoms. The van der Waals surface area contributed by atoms with Crippen LogP contribution in [0.4, 0.5) is 0 Å². The lowest BCUT2D eigenvalue weighted by molar-refractivity contribution is -0.143. The number of hydrogen-bond donors (Lipinski definition) is 3. The van der Waals surface area contributed by atoms with Gasteiger partial charge in [0.1, 0.15) is 5.54 Å². The summed E-state index contributed by atoms with van der Waals surface area (Å²) < 4.78 is 0. The first-order chi connectivity index (χ1) is 10.4. The van der Waals surface area contributed by atoms with Gasteiger partial charge in [-0.3, -0.25) is 9.59 Å². The monoisotopic (exact) mass is 304 g/mol. The highest BCUT2D eigenvalue weighted by Gasteiger charge is 2.51. The van der Waals surface area contributed by atoms with Gasteiger partial charge in [-0.1, -0.05) is 29.8 Å². The molecule has 2 amide bonds. The van der Waals surface area contributed by atoms with Crippen molar-refractivity contribution in [3.8, 4) is 0 Å². The van der Waals surface area contributed by atoms with Crippen LogP contribution in [0.2, 0.25) is 0 Å². The highest BCUT2D eigenvalue weighted by atomic mass is 16.4. The highest BCUT2D eigenvalue weighted by molar-refractivity contribution is 5.91. The fraction of sp³-hybridized carbons (Fsp3) is 0.438. The van der Waals surface area contributed by atoms with Crippen LogP contribution in [0.15, 0.2) is 24.3 Å². The average molecular weight is 304 g/mol. The molecule has 0 unspecified atom stereocenters.